The number of anilines is 2. The first-order chi connectivity index (χ1) is 13.5. The quantitative estimate of drug-likeness (QED) is 0.599. The predicted octanol–water partition coefficient (Wildman–Crippen LogP) is 4.70. The molecule has 0 fully saturated rings. The minimum absolute atomic E-state index is 0.119. The summed E-state index contributed by atoms with van der Waals surface area (Å²) in [6.07, 6.45) is 3.47. The second-order valence-electron chi connectivity index (χ2n) is 6.52. The minimum atomic E-state index is -0.119. The van der Waals surface area contributed by atoms with Crippen LogP contribution in [0, 0.1) is 0 Å². The Balaban J connectivity index is 1.88. The molecular formula is C22H29N3O2S. The zero-order valence-electron chi connectivity index (χ0n) is 16.8. The van der Waals surface area contributed by atoms with Crippen LogP contribution in [0.2, 0.25) is 0 Å². The van der Waals surface area contributed by atoms with Crippen LogP contribution in [0.1, 0.15) is 32.3 Å². The number of nitrogens with one attached hydrogen (secondary N) is 2. The minimum Gasteiger partial charge on any atom is -0.497 e. The van der Waals surface area contributed by atoms with Crippen molar-refractivity contribution in [2.24, 2.45) is 0 Å². The van der Waals surface area contributed by atoms with Crippen molar-refractivity contribution >= 4 is 34.6 Å². The van der Waals surface area contributed by atoms with E-state index in [-0.39, 0.29) is 12.5 Å². The maximum atomic E-state index is 12.4. The van der Waals surface area contributed by atoms with Gasteiger partial charge in [0.05, 0.1) is 13.7 Å². The van der Waals surface area contributed by atoms with Gasteiger partial charge in [0, 0.05) is 17.9 Å². The first-order valence-corrected chi connectivity index (χ1v) is 10.0. The molecule has 28 heavy (non-hydrogen) atoms. The number of carbonyl (C=O) groups excluding carboxylic acids is 1. The van der Waals surface area contributed by atoms with Gasteiger partial charge in [-0.05, 0) is 73.9 Å². The van der Waals surface area contributed by atoms with Gasteiger partial charge in [0.25, 0.3) is 0 Å². The fourth-order valence-corrected chi connectivity index (χ4v) is 3.03. The van der Waals surface area contributed by atoms with Crippen LogP contribution in [0.5, 0.6) is 5.75 Å². The lowest BCUT2D eigenvalue weighted by Crippen LogP contribution is -2.40. The van der Waals surface area contributed by atoms with Crippen LogP contribution < -0.4 is 15.4 Å². The summed E-state index contributed by atoms with van der Waals surface area (Å²) < 4.78 is 5.12. The third-order valence-corrected chi connectivity index (χ3v) is 4.76. The zero-order valence-corrected chi connectivity index (χ0v) is 17.6. The number of ether oxygens (including phenoxy) is 1. The molecule has 150 valence electrons. The van der Waals surface area contributed by atoms with Crippen LogP contribution >= 0.6 is 12.2 Å². The number of nitrogens with zero attached hydrogens (tertiary/aromatic N) is 1. The van der Waals surface area contributed by atoms with Gasteiger partial charge in [-0.25, -0.2) is 0 Å². The number of rotatable bonds is 9. The van der Waals surface area contributed by atoms with Crippen LogP contribution in [-0.4, -0.2) is 36.1 Å². The van der Waals surface area contributed by atoms with Crippen LogP contribution in [0.4, 0.5) is 11.4 Å². The molecule has 0 bridgehead atoms. The standard InChI is InChI=1S/C22H29N3O2S/c1-4-6-7-17-8-10-19(11-9-17)24-22(28)25(5-2)16-21(26)23-18-12-14-20(27-3)15-13-18/h8-15H,4-7,16H2,1-3H3,(H,23,26)(H,24,28). The van der Waals surface area contributed by atoms with E-state index in [1.54, 1.807) is 7.11 Å². The van der Waals surface area contributed by atoms with E-state index in [0.717, 1.165) is 23.5 Å². The molecule has 0 saturated carbocycles. The van der Waals surface area contributed by atoms with Gasteiger partial charge in [0.2, 0.25) is 5.91 Å². The highest BCUT2D eigenvalue weighted by molar-refractivity contribution is 7.80. The Bertz CT molecular complexity index is 760. The summed E-state index contributed by atoms with van der Waals surface area (Å²) in [5.41, 5.74) is 2.98. The number of hydrogen-bond acceptors (Lipinski definition) is 3. The third-order valence-electron chi connectivity index (χ3n) is 4.40. The van der Waals surface area contributed by atoms with E-state index in [0.29, 0.717) is 11.7 Å². The molecule has 1 amide bonds. The number of amides is 1. The van der Waals surface area contributed by atoms with E-state index in [1.807, 2.05) is 48.2 Å². The molecule has 2 N–H and O–H groups in total. The molecule has 0 aliphatic heterocycles. The van der Waals surface area contributed by atoms with E-state index in [9.17, 15) is 4.79 Å². The average Bonchev–Trinajstić information content (AvgIpc) is 2.72. The molecule has 6 heteroatoms. The molecule has 0 saturated heterocycles. The molecule has 2 rings (SSSR count). The smallest absolute Gasteiger partial charge is 0.243 e. The fraction of sp³-hybridized carbons (Fsp3) is 0.364. The van der Waals surface area contributed by atoms with E-state index < -0.39 is 0 Å². The van der Waals surface area contributed by atoms with E-state index in [1.165, 1.54) is 18.4 Å². The van der Waals surface area contributed by atoms with Gasteiger partial charge >= 0.3 is 0 Å². The lowest BCUT2D eigenvalue weighted by atomic mass is 10.1. The van der Waals surface area contributed by atoms with Crippen molar-refractivity contribution in [1.29, 1.82) is 0 Å². The lowest BCUT2D eigenvalue weighted by molar-refractivity contribution is -0.116. The molecule has 0 aromatic heterocycles. The van der Waals surface area contributed by atoms with Crippen molar-refractivity contribution in [3.63, 3.8) is 0 Å². The predicted molar refractivity (Wildman–Crippen MR) is 120 cm³/mol. The van der Waals surface area contributed by atoms with Crippen LogP contribution in [0.25, 0.3) is 0 Å². The number of benzene rings is 2. The number of aryl methyl sites for hydroxylation is 1. The molecule has 0 spiro atoms. The molecular weight excluding hydrogens is 370 g/mol. The summed E-state index contributed by atoms with van der Waals surface area (Å²) in [6.45, 7) is 4.99. The van der Waals surface area contributed by atoms with Gasteiger partial charge in [0.1, 0.15) is 5.75 Å². The van der Waals surface area contributed by atoms with Gasteiger partial charge in [-0.15, -0.1) is 0 Å². The second-order valence-corrected chi connectivity index (χ2v) is 6.91. The fourth-order valence-electron chi connectivity index (χ4n) is 2.71. The van der Waals surface area contributed by atoms with Crippen molar-refractivity contribution in [3.8, 4) is 5.75 Å². The SMILES string of the molecule is CCCCc1ccc(NC(=S)N(CC)CC(=O)Nc2ccc(OC)cc2)cc1. The van der Waals surface area contributed by atoms with E-state index >= 15 is 0 Å². The van der Waals surface area contributed by atoms with E-state index in [4.69, 9.17) is 17.0 Å². The Kier molecular flexibility index (Phi) is 8.75. The van der Waals surface area contributed by atoms with Crippen molar-refractivity contribution in [3.05, 3.63) is 54.1 Å². The summed E-state index contributed by atoms with van der Waals surface area (Å²) in [5, 5.41) is 6.64. The largest absolute Gasteiger partial charge is 0.497 e. The number of hydrogen-bond donors (Lipinski definition) is 2. The molecule has 0 aliphatic rings. The van der Waals surface area contributed by atoms with Crippen molar-refractivity contribution in [2.75, 3.05) is 30.8 Å². The van der Waals surface area contributed by atoms with Gasteiger partial charge in [-0.2, -0.15) is 0 Å². The van der Waals surface area contributed by atoms with Gasteiger partial charge in [-0.3, -0.25) is 4.79 Å². The first kappa shape index (κ1) is 21.7. The normalized spacial score (nSPS) is 10.2. The van der Waals surface area contributed by atoms with Crippen molar-refractivity contribution in [1.82, 2.24) is 4.90 Å². The summed E-state index contributed by atoms with van der Waals surface area (Å²) in [4.78, 5) is 14.2. The summed E-state index contributed by atoms with van der Waals surface area (Å²) >= 11 is 5.49. The Morgan fingerprint density at radius 3 is 2.18 bits per heavy atom. The number of methoxy groups -OCH3 is 1. The summed E-state index contributed by atoms with van der Waals surface area (Å²) in [5.74, 6) is 0.630. The molecule has 0 heterocycles. The summed E-state index contributed by atoms with van der Waals surface area (Å²) in [7, 11) is 1.61. The van der Waals surface area contributed by atoms with Gasteiger partial charge < -0.3 is 20.3 Å². The Morgan fingerprint density at radius 2 is 1.61 bits per heavy atom. The molecule has 2 aromatic carbocycles. The topological polar surface area (TPSA) is 53.6 Å². The van der Waals surface area contributed by atoms with Crippen molar-refractivity contribution < 1.29 is 9.53 Å². The van der Waals surface area contributed by atoms with E-state index in [2.05, 4.69) is 29.7 Å². The second kappa shape index (κ2) is 11.3. The highest BCUT2D eigenvalue weighted by Crippen LogP contribution is 2.15. The molecule has 0 unspecified atom stereocenters. The molecule has 0 radical (unpaired) electrons. The van der Waals surface area contributed by atoms with Gasteiger partial charge in [-0.1, -0.05) is 25.5 Å². The molecule has 0 aliphatic carbocycles. The van der Waals surface area contributed by atoms with Crippen LogP contribution in [0.3, 0.4) is 0 Å². The number of likely N-dealkylation sites (N-methyl/N-ethyl adjacent to an activating group) is 1. The monoisotopic (exact) mass is 399 g/mol. The van der Waals surface area contributed by atoms with Crippen LogP contribution in [0.15, 0.2) is 48.5 Å². The number of thiocarbonyl (C=S) groups is 1. The first-order valence-electron chi connectivity index (χ1n) is 9.64. The molecule has 0 atom stereocenters. The summed E-state index contributed by atoms with van der Waals surface area (Å²) in [6, 6.07) is 15.5. The number of carbonyl (C=O) groups is 1. The number of unbranched alkanes of at least 4 members (excludes halogenated alkanes) is 1. The Labute approximate surface area is 173 Å². The van der Waals surface area contributed by atoms with Crippen molar-refractivity contribution in [2.45, 2.75) is 33.1 Å². The highest BCUT2D eigenvalue weighted by atomic mass is 32.1. The Hall–Kier alpha value is -2.60. The highest BCUT2D eigenvalue weighted by Gasteiger charge is 2.13. The van der Waals surface area contributed by atoms with Crippen LogP contribution in [-0.2, 0) is 11.2 Å². The Morgan fingerprint density at radius 1 is 1.00 bits per heavy atom. The lowest BCUT2D eigenvalue weighted by Gasteiger charge is -2.24. The molecule has 2 aromatic rings. The maximum absolute atomic E-state index is 12.4. The maximum Gasteiger partial charge on any atom is 0.243 e. The molecule has 5 nitrogen and oxygen atoms in total. The zero-order chi connectivity index (χ0) is 20.4. The third kappa shape index (κ3) is 6.85. The average molecular weight is 400 g/mol. The van der Waals surface area contributed by atoms with Gasteiger partial charge in [0.15, 0.2) is 5.11 Å².